The van der Waals surface area contributed by atoms with Gasteiger partial charge in [0.25, 0.3) is 0 Å². The SMILES string of the molecule is FC1(F)OC(F)(F)C(F)(F)C(F)(F)C(F)(F)C(F)(F)C(F)(F)C1(F)F. The first-order valence-electron chi connectivity index (χ1n) is 5.18. The summed E-state index contributed by atoms with van der Waals surface area (Å²) in [5, 5.41) is 0. The Kier molecular flexibility index (Phi) is 4.17. The number of hydrogen-bond acceptors (Lipinski definition) is 1. The van der Waals surface area contributed by atoms with Crippen molar-refractivity contribution in [1.29, 1.82) is 0 Å². The van der Waals surface area contributed by atoms with E-state index >= 15 is 0 Å². The summed E-state index contributed by atoms with van der Waals surface area (Å²) < 4.78 is 206. The molecule has 0 aliphatic carbocycles. The highest BCUT2D eigenvalue weighted by Crippen LogP contribution is 2.66. The van der Waals surface area contributed by atoms with Gasteiger partial charge < -0.3 is 0 Å². The molecule has 0 amide bonds. The fraction of sp³-hybridized carbons (Fsp3) is 1.00. The summed E-state index contributed by atoms with van der Waals surface area (Å²) in [5.74, 6) is -49.3. The van der Waals surface area contributed by atoms with Crippen LogP contribution in [0.25, 0.3) is 0 Å². The number of hydrogen-bond donors (Lipinski definition) is 0. The van der Waals surface area contributed by atoms with E-state index in [0.29, 0.717) is 0 Å². The van der Waals surface area contributed by atoms with Crippen molar-refractivity contribution >= 4 is 0 Å². The van der Waals surface area contributed by atoms with Crippen molar-refractivity contribution in [1.82, 2.24) is 0 Å². The molecule has 1 aliphatic heterocycles. The molecule has 1 nitrogen and oxygen atoms in total. The molecule has 0 saturated carbocycles. The summed E-state index contributed by atoms with van der Waals surface area (Å²) in [6.45, 7) is 0. The first-order valence-corrected chi connectivity index (χ1v) is 5.18. The minimum absolute atomic E-state index is 1.24. The topological polar surface area (TPSA) is 9.23 Å². The zero-order chi connectivity index (χ0) is 20.7. The van der Waals surface area contributed by atoms with Gasteiger partial charge in [0, 0.05) is 0 Å². The Morgan fingerprint density at radius 2 is 0.440 bits per heavy atom. The van der Waals surface area contributed by atoms with Crippen LogP contribution in [-0.4, -0.2) is 47.8 Å². The molecule has 0 radical (unpaired) electrons. The van der Waals surface area contributed by atoms with Gasteiger partial charge in [-0.05, 0) is 0 Å². The third-order valence-electron chi connectivity index (χ3n) is 2.96. The van der Waals surface area contributed by atoms with Gasteiger partial charge >= 0.3 is 47.8 Å². The maximum atomic E-state index is 12.9. The van der Waals surface area contributed by atoms with Crippen LogP contribution in [0.1, 0.15) is 0 Å². The minimum atomic E-state index is -8.36. The quantitative estimate of drug-likeness (QED) is 0.505. The predicted molar refractivity (Wildman–Crippen MR) is 40.7 cm³/mol. The van der Waals surface area contributed by atoms with Gasteiger partial charge in [-0.2, -0.15) is 70.2 Å². The number of rotatable bonds is 0. The Morgan fingerprint density at radius 3 is 0.640 bits per heavy atom. The van der Waals surface area contributed by atoms with E-state index in [1.807, 2.05) is 0 Å². The molecule has 1 fully saturated rings. The second kappa shape index (κ2) is 4.76. The molecule has 0 aromatic carbocycles. The third kappa shape index (κ3) is 2.16. The highest BCUT2D eigenvalue weighted by Gasteiger charge is 2.98. The Morgan fingerprint density at radius 1 is 0.280 bits per heavy atom. The van der Waals surface area contributed by atoms with Gasteiger partial charge in [-0.1, -0.05) is 0 Å². The maximum absolute atomic E-state index is 12.9. The fourth-order valence-electron chi connectivity index (χ4n) is 1.44. The smallest absolute Gasteiger partial charge is 0.245 e. The van der Waals surface area contributed by atoms with Gasteiger partial charge in [-0.3, -0.25) is 0 Å². The minimum Gasteiger partial charge on any atom is -0.245 e. The monoisotopic (exact) mass is 416 g/mol. The third-order valence-corrected chi connectivity index (χ3v) is 2.96. The molecule has 0 aromatic rings. The van der Waals surface area contributed by atoms with Crippen LogP contribution in [0.15, 0.2) is 0 Å². The Bertz CT molecular complexity index is 498. The van der Waals surface area contributed by atoms with E-state index in [-0.39, 0.29) is 0 Å². The van der Waals surface area contributed by atoms with Crippen molar-refractivity contribution in [2.24, 2.45) is 0 Å². The Balaban J connectivity index is 4.02. The van der Waals surface area contributed by atoms with Crippen LogP contribution in [0, 0.1) is 0 Å². The van der Waals surface area contributed by atoms with Crippen LogP contribution in [-0.2, 0) is 4.74 Å². The van der Waals surface area contributed by atoms with E-state index in [2.05, 4.69) is 0 Å². The van der Waals surface area contributed by atoms with Gasteiger partial charge in [0.1, 0.15) is 0 Å². The van der Waals surface area contributed by atoms with Crippen molar-refractivity contribution in [3.8, 4) is 0 Å². The molecule has 25 heavy (non-hydrogen) atoms. The van der Waals surface area contributed by atoms with Crippen molar-refractivity contribution < 1.29 is 75.0 Å². The molecule has 0 N–H and O–H groups in total. The van der Waals surface area contributed by atoms with Crippen molar-refractivity contribution in [2.45, 2.75) is 47.8 Å². The van der Waals surface area contributed by atoms with Crippen molar-refractivity contribution in [3.63, 3.8) is 0 Å². The lowest BCUT2D eigenvalue weighted by molar-refractivity contribution is -0.498. The molecule has 1 heterocycles. The van der Waals surface area contributed by atoms with E-state index in [9.17, 15) is 70.2 Å². The molecule has 0 unspecified atom stereocenters. The second-order valence-electron chi connectivity index (χ2n) is 4.58. The van der Waals surface area contributed by atoms with E-state index in [0.717, 1.165) is 0 Å². The van der Waals surface area contributed by atoms with E-state index < -0.39 is 47.8 Å². The lowest BCUT2D eigenvalue weighted by atomic mass is 9.91. The lowest BCUT2D eigenvalue weighted by Gasteiger charge is -2.39. The van der Waals surface area contributed by atoms with E-state index in [1.54, 1.807) is 0 Å². The zero-order valence-electron chi connectivity index (χ0n) is 10.5. The molecular weight excluding hydrogens is 416 g/mol. The normalized spacial score (nSPS) is 33.6. The lowest BCUT2D eigenvalue weighted by Crippen LogP contribution is -2.72. The molecule has 1 rings (SSSR count). The predicted octanol–water partition coefficient (Wildman–Crippen LogP) is 5.01. The first-order chi connectivity index (χ1) is 10.5. The average molecular weight is 416 g/mol. The molecule has 0 aromatic heterocycles. The Labute approximate surface area is 124 Å². The van der Waals surface area contributed by atoms with E-state index in [1.165, 1.54) is 4.74 Å². The molecule has 17 heteroatoms. The summed E-state index contributed by atoms with van der Waals surface area (Å²) in [7, 11) is 0. The largest absolute Gasteiger partial charge is 0.430 e. The summed E-state index contributed by atoms with van der Waals surface area (Å²) in [6, 6.07) is 0. The highest BCUT2D eigenvalue weighted by molar-refractivity contribution is 5.15. The summed E-state index contributed by atoms with van der Waals surface area (Å²) in [4.78, 5) is 0. The molecule has 0 bridgehead atoms. The summed E-state index contributed by atoms with van der Waals surface area (Å²) in [6.07, 6.45) is -15.4. The maximum Gasteiger partial charge on any atom is 0.430 e. The van der Waals surface area contributed by atoms with Crippen LogP contribution in [0.4, 0.5) is 70.2 Å². The van der Waals surface area contributed by atoms with Crippen LogP contribution >= 0.6 is 0 Å². The highest BCUT2D eigenvalue weighted by atomic mass is 19.4. The number of alkyl halides is 16. The zero-order valence-corrected chi connectivity index (χ0v) is 10.5. The average Bonchev–Trinajstić information content (AvgIpc) is 2.34. The van der Waals surface area contributed by atoms with E-state index in [4.69, 9.17) is 0 Å². The number of ether oxygens (including phenoxy) is 1. The van der Waals surface area contributed by atoms with Crippen LogP contribution in [0.2, 0.25) is 0 Å². The standard InChI is InChI=1S/C8F16O/c9-1(10)2(11,12)4(15,16)6(19,20)8(23,24)25-7(21,22)5(17,18)3(1,13)14. The molecule has 0 atom stereocenters. The van der Waals surface area contributed by atoms with Crippen LogP contribution in [0.3, 0.4) is 0 Å². The molecule has 1 aliphatic rings. The number of halogens is 16. The second-order valence-corrected chi connectivity index (χ2v) is 4.58. The molecule has 0 spiro atoms. The summed E-state index contributed by atoms with van der Waals surface area (Å²) in [5.41, 5.74) is 0. The van der Waals surface area contributed by atoms with Gasteiger partial charge in [0.15, 0.2) is 0 Å². The van der Waals surface area contributed by atoms with Crippen molar-refractivity contribution in [3.05, 3.63) is 0 Å². The van der Waals surface area contributed by atoms with Gasteiger partial charge in [0.05, 0.1) is 0 Å². The summed E-state index contributed by atoms with van der Waals surface area (Å²) >= 11 is 0. The molecular formula is C8F16O. The van der Waals surface area contributed by atoms with Gasteiger partial charge in [-0.25, -0.2) is 4.74 Å². The molecule has 150 valence electrons. The Hall–Kier alpha value is -1.16. The fourth-order valence-corrected chi connectivity index (χ4v) is 1.44. The molecule has 1 saturated heterocycles. The van der Waals surface area contributed by atoms with Crippen LogP contribution < -0.4 is 0 Å². The van der Waals surface area contributed by atoms with Crippen LogP contribution in [0.5, 0.6) is 0 Å². The first kappa shape index (κ1) is 21.9. The van der Waals surface area contributed by atoms with Crippen molar-refractivity contribution in [2.75, 3.05) is 0 Å². The van der Waals surface area contributed by atoms with Gasteiger partial charge in [0.2, 0.25) is 0 Å². The van der Waals surface area contributed by atoms with Gasteiger partial charge in [-0.15, -0.1) is 0 Å².